The van der Waals surface area contributed by atoms with Gasteiger partial charge >= 0.3 is 5.97 Å². The standard InChI is InChI=1S/C24H22FN5O5/c1-33-23(32)15-13-29(14-15)24-27-10-17(11-28-24)30-9-8-20(22(30)31)34-19-6-7-21(26-12-19)35-18-4-2-16(25)3-5-18/h2-7,10-12,15,20H,8-9,13-14H2,1H3. The maximum atomic E-state index is 13.0. The lowest BCUT2D eigenvalue weighted by atomic mass is 10.0. The number of rotatable bonds is 7. The summed E-state index contributed by atoms with van der Waals surface area (Å²) in [4.78, 5) is 40.7. The van der Waals surface area contributed by atoms with Crippen LogP contribution in [0.1, 0.15) is 6.42 Å². The van der Waals surface area contributed by atoms with Crippen LogP contribution >= 0.6 is 0 Å². The summed E-state index contributed by atoms with van der Waals surface area (Å²) in [6.45, 7) is 1.48. The number of aromatic nitrogens is 3. The molecule has 35 heavy (non-hydrogen) atoms. The number of pyridine rings is 1. The fraction of sp³-hybridized carbons (Fsp3) is 0.292. The zero-order valence-electron chi connectivity index (χ0n) is 18.8. The second-order valence-corrected chi connectivity index (χ2v) is 8.14. The van der Waals surface area contributed by atoms with Gasteiger partial charge in [0.2, 0.25) is 11.8 Å². The zero-order chi connectivity index (χ0) is 24.4. The van der Waals surface area contributed by atoms with Gasteiger partial charge < -0.3 is 24.0 Å². The fourth-order valence-corrected chi connectivity index (χ4v) is 3.88. The van der Waals surface area contributed by atoms with Crippen molar-refractivity contribution in [2.45, 2.75) is 12.5 Å². The average molecular weight is 479 g/mol. The highest BCUT2D eigenvalue weighted by molar-refractivity contribution is 5.98. The molecular weight excluding hydrogens is 457 g/mol. The van der Waals surface area contributed by atoms with Gasteiger partial charge in [-0.25, -0.2) is 19.3 Å². The number of hydrogen-bond donors (Lipinski definition) is 0. The van der Waals surface area contributed by atoms with Crippen LogP contribution in [-0.2, 0) is 14.3 Å². The van der Waals surface area contributed by atoms with Crippen molar-refractivity contribution in [2.75, 3.05) is 36.5 Å². The fourth-order valence-electron chi connectivity index (χ4n) is 3.88. The molecule has 5 rings (SSSR count). The molecule has 2 aliphatic heterocycles. The van der Waals surface area contributed by atoms with Crippen LogP contribution in [0.2, 0.25) is 0 Å². The van der Waals surface area contributed by atoms with Crippen molar-refractivity contribution in [1.82, 2.24) is 15.0 Å². The van der Waals surface area contributed by atoms with E-state index in [1.807, 2.05) is 4.90 Å². The Balaban J connectivity index is 1.15. The lowest BCUT2D eigenvalue weighted by Crippen LogP contribution is -2.51. The Morgan fingerprint density at radius 2 is 1.71 bits per heavy atom. The minimum absolute atomic E-state index is 0.167. The number of carbonyl (C=O) groups is 2. The van der Waals surface area contributed by atoms with Crippen molar-refractivity contribution in [3.8, 4) is 17.4 Å². The molecule has 2 fully saturated rings. The van der Waals surface area contributed by atoms with E-state index in [1.165, 1.54) is 37.6 Å². The summed E-state index contributed by atoms with van der Waals surface area (Å²) in [7, 11) is 1.37. The molecule has 1 unspecified atom stereocenters. The first-order valence-corrected chi connectivity index (χ1v) is 11.0. The molecule has 180 valence electrons. The summed E-state index contributed by atoms with van der Waals surface area (Å²) in [6, 6.07) is 8.89. The molecule has 0 saturated carbocycles. The highest BCUT2D eigenvalue weighted by Gasteiger charge is 2.37. The van der Waals surface area contributed by atoms with Crippen LogP contribution in [-0.4, -0.2) is 59.7 Å². The highest BCUT2D eigenvalue weighted by Crippen LogP contribution is 2.27. The Bertz CT molecular complexity index is 1200. The Morgan fingerprint density at radius 1 is 1.00 bits per heavy atom. The Morgan fingerprint density at radius 3 is 2.37 bits per heavy atom. The summed E-state index contributed by atoms with van der Waals surface area (Å²) in [5.41, 5.74) is 0.580. The van der Waals surface area contributed by atoms with E-state index in [-0.39, 0.29) is 23.6 Å². The van der Waals surface area contributed by atoms with E-state index >= 15 is 0 Å². The van der Waals surface area contributed by atoms with Gasteiger partial charge in [0.25, 0.3) is 5.91 Å². The summed E-state index contributed by atoms with van der Waals surface area (Å²) >= 11 is 0. The number of hydrogen-bond acceptors (Lipinski definition) is 9. The van der Waals surface area contributed by atoms with E-state index in [0.717, 1.165) is 0 Å². The number of amides is 1. The van der Waals surface area contributed by atoms with Crippen LogP contribution in [0.15, 0.2) is 55.0 Å². The molecule has 0 bridgehead atoms. The molecule has 2 saturated heterocycles. The number of halogens is 1. The van der Waals surface area contributed by atoms with Crippen LogP contribution < -0.4 is 19.3 Å². The number of ether oxygens (including phenoxy) is 3. The molecule has 4 heterocycles. The van der Waals surface area contributed by atoms with Crippen molar-refractivity contribution in [3.05, 3.63) is 60.8 Å². The smallest absolute Gasteiger partial charge is 0.312 e. The topological polar surface area (TPSA) is 107 Å². The number of nitrogens with zero attached hydrogens (tertiary/aromatic N) is 5. The van der Waals surface area contributed by atoms with E-state index in [2.05, 4.69) is 15.0 Å². The summed E-state index contributed by atoms with van der Waals surface area (Å²) in [5, 5.41) is 0. The van der Waals surface area contributed by atoms with Crippen molar-refractivity contribution in [1.29, 1.82) is 0 Å². The van der Waals surface area contributed by atoms with Crippen LogP contribution in [0.25, 0.3) is 0 Å². The van der Waals surface area contributed by atoms with Crippen molar-refractivity contribution in [3.63, 3.8) is 0 Å². The molecule has 1 atom stereocenters. The van der Waals surface area contributed by atoms with E-state index in [9.17, 15) is 14.0 Å². The van der Waals surface area contributed by atoms with E-state index in [1.54, 1.807) is 29.4 Å². The van der Waals surface area contributed by atoms with Gasteiger partial charge in [-0.1, -0.05) is 0 Å². The third-order valence-electron chi connectivity index (χ3n) is 5.82. The predicted molar refractivity (Wildman–Crippen MR) is 122 cm³/mol. The second kappa shape index (κ2) is 9.53. The molecule has 3 aromatic rings. The Labute approximate surface area is 200 Å². The molecule has 1 amide bonds. The third-order valence-corrected chi connectivity index (χ3v) is 5.82. The first kappa shape index (κ1) is 22.5. The first-order valence-electron chi connectivity index (χ1n) is 11.0. The molecule has 0 radical (unpaired) electrons. The average Bonchev–Trinajstić information content (AvgIpc) is 3.21. The number of methoxy groups -OCH3 is 1. The molecule has 0 N–H and O–H groups in total. The molecule has 2 aromatic heterocycles. The van der Waals surface area contributed by atoms with Gasteiger partial charge in [0.15, 0.2) is 6.10 Å². The highest BCUT2D eigenvalue weighted by atomic mass is 19.1. The second-order valence-electron chi connectivity index (χ2n) is 8.14. The zero-order valence-corrected chi connectivity index (χ0v) is 18.8. The number of carbonyl (C=O) groups excluding carboxylic acids is 2. The third kappa shape index (κ3) is 4.84. The first-order chi connectivity index (χ1) is 17.0. The molecule has 0 spiro atoms. The molecule has 11 heteroatoms. The SMILES string of the molecule is COC(=O)C1CN(c2ncc(N3CCC(Oc4ccc(Oc5ccc(F)cc5)nc4)C3=O)cn2)C1. The van der Waals surface area contributed by atoms with Crippen LogP contribution in [0.3, 0.4) is 0 Å². The van der Waals surface area contributed by atoms with Gasteiger partial charge in [-0.2, -0.15) is 0 Å². The summed E-state index contributed by atoms with van der Waals surface area (Å²) in [5.74, 6) is 0.764. The number of esters is 1. The Hall–Kier alpha value is -4.28. The summed E-state index contributed by atoms with van der Waals surface area (Å²) < 4.78 is 29.2. The number of anilines is 2. The monoisotopic (exact) mass is 479 g/mol. The van der Waals surface area contributed by atoms with Crippen molar-refractivity contribution >= 4 is 23.5 Å². The van der Waals surface area contributed by atoms with Crippen LogP contribution in [0.4, 0.5) is 16.0 Å². The van der Waals surface area contributed by atoms with E-state index in [4.69, 9.17) is 14.2 Å². The maximum Gasteiger partial charge on any atom is 0.312 e. The van der Waals surface area contributed by atoms with Gasteiger partial charge in [-0.15, -0.1) is 0 Å². The van der Waals surface area contributed by atoms with Crippen LogP contribution in [0.5, 0.6) is 17.4 Å². The molecule has 0 aliphatic carbocycles. The summed E-state index contributed by atoms with van der Waals surface area (Å²) in [6.07, 6.45) is 4.51. The largest absolute Gasteiger partial charge is 0.479 e. The molecule has 2 aliphatic rings. The lowest BCUT2D eigenvalue weighted by molar-refractivity contribution is -0.146. The minimum Gasteiger partial charge on any atom is -0.479 e. The molecule has 1 aromatic carbocycles. The van der Waals surface area contributed by atoms with Gasteiger partial charge in [0, 0.05) is 32.1 Å². The van der Waals surface area contributed by atoms with Gasteiger partial charge in [0.05, 0.1) is 37.3 Å². The quantitative estimate of drug-likeness (QED) is 0.473. The molecular formula is C24H22FN5O5. The van der Waals surface area contributed by atoms with Gasteiger partial charge in [-0.05, 0) is 30.3 Å². The maximum absolute atomic E-state index is 13.0. The predicted octanol–water partition coefficient (Wildman–Crippen LogP) is 2.60. The van der Waals surface area contributed by atoms with Crippen molar-refractivity contribution in [2.24, 2.45) is 5.92 Å². The minimum atomic E-state index is -0.656. The normalized spacial score (nSPS) is 17.8. The number of benzene rings is 1. The Kier molecular flexibility index (Phi) is 6.13. The lowest BCUT2D eigenvalue weighted by Gasteiger charge is -2.37. The van der Waals surface area contributed by atoms with E-state index < -0.39 is 6.10 Å². The van der Waals surface area contributed by atoms with Gasteiger partial charge in [0.1, 0.15) is 17.3 Å². The molecule has 10 nitrogen and oxygen atoms in total. The van der Waals surface area contributed by atoms with E-state index in [0.29, 0.717) is 55.1 Å². The van der Waals surface area contributed by atoms with Crippen LogP contribution in [0, 0.1) is 11.7 Å². The van der Waals surface area contributed by atoms with Crippen molar-refractivity contribution < 1.29 is 28.2 Å². The van der Waals surface area contributed by atoms with Gasteiger partial charge in [-0.3, -0.25) is 9.59 Å².